The molecule has 5 nitrogen and oxygen atoms in total. The summed E-state index contributed by atoms with van der Waals surface area (Å²) in [5.41, 5.74) is 5.63. The molecule has 4 unspecified atom stereocenters. The highest BCUT2D eigenvalue weighted by Crippen LogP contribution is 2.48. The van der Waals surface area contributed by atoms with Gasteiger partial charge in [0.2, 0.25) is 5.91 Å². The Morgan fingerprint density at radius 1 is 0.909 bits per heavy atom. The number of amides is 3. The molecule has 1 saturated heterocycles. The van der Waals surface area contributed by atoms with Crippen molar-refractivity contribution in [3.8, 4) is 0 Å². The molecule has 22 heavy (non-hydrogen) atoms. The molecule has 124 valence electrons. The van der Waals surface area contributed by atoms with Crippen LogP contribution in [0.25, 0.3) is 0 Å². The maximum Gasteiger partial charge on any atom is 0.315 e. The number of hydrogen-bond acceptors (Lipinski definition) is 3. The van der Waals surface area contributed by atoms with E-state index in [4.69, 9.17) is 5.73 Å². The topological polar surface area (TPSA) is 84.2 Å². The number of hydrogen-bond donors (Lipinski definition) is 3. The molecule has 0 aromatic carbocycles. The molecule has 0 spiro atoms. The van der Waals surface area contributed by atoms with Gasteiger partial charge in [-0.15, -0.1) is 11.8 Å². The molecule has 0 aromatic heterocycles. The number of nitrogens with one attached hydrogen (secondary N) is 2. The number of urea groups is 1. The highest BCUT2D eigenvalue weighted by atomic mass is 32.2. The second-order valence-corrected chi connectivity index (χ2v) is 8.31. The Kier molecular flexibility index (Phi) is 5.16. The van der Waals surface area contributed by atoms with Gasteiger partial charge in [0, 0.05) is 11.3 Å². The zero-order valence-corrected chi connectivity index (χ0v) is 13.9. The zero-order valence-electron chi connectivity index (χ0n) is 13.1. The minimum atomic E-state index is -0.259. The fourth-order valence-corrected chi connectivity index (χ4v) is 6.16. The van der Waals surface area contributed by atoms with Gasteiger partial charge in [0.25, 0.3) is 0 Å². The molecule has 3 aliphatic rings. The van der Waals surface area contributed by atoms with Gasteiger partial charge in [0.1, 0.15) is 0 Å². The lowest BCUT2D eigenvalue weighted by atomic mass is 9.79. The molecule has 4 atom stereocenters. The maximum absolute atomic E-state index is 12.3. The summed E-state index contributed by atoms with van der Waals surface area (Å²) in [5.74, 6) is -0.131. The second-order valence-electron chi connectivity index (χ2n) is 6.92. The van der Waals surface area contributed by atoms with E-state index in [1.165, 1.54) is 32.1 Å². The van der Waals surface area contributed by atoms with Crippen molar-refractivity contribution in [3.63, 3.8) is 0 Å². The minimum Gasteiger partial charge on any atom is -0.369 e. The molecule has 3 rings (SSSR count). The molecule has 1 heterocycles. The number of primary amides is 1. The van der Waals surface area contributed by atoms with Crippen LogP contribution in [0.15, 0.2) is 0 Å². The van der Waals surface area contributed by atoms with Crippen LogP contribution in [-0.4, -0.2) is 28.6 Å². The van der Waals surface area contributed by atoms with Crippen molar-refractivity contribution in [3.05, 3.63) is 0 Å². The van der Waals surface area contributed by atoms with Crippen LogP contribution in [0.1, 0.15) is 57.8 Å². The number of carbonyl (C=O) groups excluding carboxylic acids is 2. The third-order valence-corrected chi connectivity index (χ3v) is 7.04. The van der Waals surface area contributed by atoms with E-state index in [1.807, 2.05) is 0 Å². The summed E-state index contributed by atoms with van der Waals surface area (Å²) in [5, 5.41) is 6.42. The zero-order chi connectivity index (χ0) is 15.5. The first-order valence-electron chi connectivity index (χ1n) is 8.67. The monoisotopic (exact) mass is 325 g/mol. The fraction of sp³-hybridized carbons (Fsp3) is 0.875. The Morgan fingerprint density at radius 3 is 2.32 bits per heavy atom. The predicted molar refractivity (Wildman–Crippen MR) is 88.3 cm³/mol. The molecule has 3 amide bonds. The number of fused-ring (bicyclic) bond motifs is 1. The smallest absolute Gasteiger partial charge is 0.315 e. The summed E-state index contributed by atoms with van der Waals surface area (Å²) in [6.45, 7) is 0. The van der Waals surface area contributed by atoms with Crippen molar-refractivity contribution >= 4 is 23.7 Å². The Bertz CT molecular complexity index is 426. The fourth-order valence-electron chi connectivity index (χ4n) is 4.29. The van der Waals surface area contributed by atoms with Gasteiger partial charge in [-0.1, -0.05) is 32.1 Å². The van der Waals surface area contributed by atoms with Crippen molar-refractivity contribution < 1.29 is 9.59 Å². The maximum atomic E-state index is 12.3. The van der Waals surface area contributed by atoms with Gasteiger partial charge in [-0.05, 0) is 31.6 Å². The number of nitrogens with two attached hydrogens (primary N) is 1. The number of thioether (sulfide) groups is 1. The largest absolute Gasteiger partial charge is 0.369 e. The summed E-state index contributed by atoms with van der Waals surface area (Å²) in [7, 11) is 0. The highest BCUT2D eigenvalue weighted by molar-refractivity contribution is 8.00. The molecule has 0 radical (unpaired) electrons. The molecular formula is C16H27N3O2S. The number of carbonyl (C=O) groups is 2. The van der Waals surface area contributed by atoms with Crippen LogP contribution in [0.3, 0.4) is 0 Å². The average molecular weight is 325 g/mol. The molecule has 1 aliphatic heterocycles. The normalized spacial score (nSPS) is 35.6. The van der Waals surface area contributed by atoms with E-state index < -0.39 is 0 Å². The third-order valence-electron chi connectivity index (χ3n) is 5.40. The first kappa shape index (κ1) is 16.0. The van der Waals surface area contributed by atoms with Crippen LogP contribution < -0.4 is 16.4 Å². The molecule has 6 heteroatoms. The van der Waals surface area contributed by atoms with Crippen LogP contribution >= 0.6 is 11.8 Å². The molecule has 4 N–H and O–H groups in total. The quantitative estimate of drug-likeness (QED) is 0.744. The molecule has 0 bridgehead atoms. The van der Waals surface area contributed by atoms with Crippen LogP contribution in [0, 0.1) is 11.8 Å². The first-order valence-corrected chi connectivity index (χ1v) is 9.61. The van der Waals surface area contributed by atoms with E-state index in [-0.39, 0.29) is 29.3 Å². The van der Waals surface area contributed by atoms with Gasteiger partial charge >= 0.3 is 6.03 Å². The Hall–Kier alpha value is -0.910. The molecule has 2 aliphatic carbocycles. The van der Waals surface area contributed by atoms with Crippen LogP contribution in [-0.2, 0) is 4.79 Å². The molecule has 0 aromatic rings. The Labute approximate surface area is 136 Å². The Morgan fingerprint density at radius 2 is 1.59 bits per heavy atom. The van der Waals surface area contributed by atoms with Crippen molar-refractivity contribution in [2.24, 2.45) is 17.6 Å². The minimum absolute atomic E-state index is 0.130. The lowest BCUT2D eigenvalue weighted by molar-refractivity contribution is -0.123. The van der Waals surface area contributed by atoms with Gasteiger partial charge < -0.3 is 16.4 Å². The third kappa shape index (κ3) is 3.53. The molecular weight excluding hydrogens is 298 g/mol. The standard InChI is InChI=1S/C16H27N3O2S/c17-14(20)13-11-8-4-5-9-12(11)22-15(13)19-16(21)18-10-6-2-1-3-7-10/h10-13,15H,1-9H2,(H2,17,20)(H2,18,19,21). The summed E-state index contributed by atoms with van der Waals surface area (Å²) >= 11 is 1.75. The lowest BCUT2D eigenvalue weighted by Gasteiger charge is -2.27. The summed E-state index contributed by atoms with van der Waals surface area (Å²) in [4.78, 5) is 24.1. The summed E-state index contributed by atoms with van der Waals surface area (Å²) in [6.07, 6.45) is 10.4. The average Bonchev–Trinajstić information content (AvgIpc) is 2.85. The predicted octanol–water partition coefficient (Wildman–Crippen LogP) is 2.35. The van der Waals surface area contributed by atoms with Crippen molar-refractivity contribution in [2.45, 2.75) is 74.5 Å². The Balaban J connectivity index is 1.57. The van der Waals surface area contributed by atoms with E-state index in [9.17, 15) is 9.59 Å². The van der Waals surface area contributed by atoms with E-state index in [1.54, 1.807) is 11.8 Å². The molecule has 3 fully saturated rings. The van der Waals surface area contributed by atoms with Crippen LogP contribution in [0.5, 0.6) is 0 Å². The van der Waals surface area contributed by atoms with Crippen molar-refractivity contribution in [2.75, 3.05) is 0 Å². The van der Waals surface area contributed by atoms with Gasteiger partial charge in [-0.2, -0.15) is 0 Å². The van der Waals surface area contributed by atoms with E-state index >= 15 is 0 Å². The first-order chi connectivity index (χ1) is 10.6. The van der Waals surface area contributed by atoms with Crippen molar-refractivity contribution in [1.29, 1.82) is 0 Å². The van der Waals surface area contributed by atoms with Gasteiger partial charge in [0.15, 0.2) is 0 Å². The lowest BCUT2D eigenvalue weighted by Crippen LogP contribution is -2.49. The van der Waals surface area contributed by atoms with Crippen molar-refractivity contribution in [1.82, 2.24) is 10.6 Å². The van der Waals surface area contributed by atoms with Crippen LogP contribution in [0.2, 0.25) is 0 Å². The van der Waals surface area contributed by atoms with Gasteiger partial charge in [0.05, 0.1) is 11.3 Å². The van der Waals surface area contributed by atoms with Gasteiger partial charge in [-0.25, -0.2) is 4.79 Å². The van der Waals surface area contributed by atoms with Gasteiger partial charge in [-0.3, -0.25) is 4.79 Å². The van der Waals surface area contributed by atoms with E-state index in [0.717, 1.165) is 25.7 Å². The molecule has 2 saturated carbocycles. The van der Waals surface area contributed by atoms with E-state index in [2.05, 4.69) is 10.6 Å². The summed E-state index contributed by atoms with van der Waals surface area (Å²) in [6, 6.07) is 0.156. The second kappa shape index (κ2) is 7.11. The number of rotatable bonds is 3. The van der Waals surface area contributed by atoms with Crippen LogP contribution in [0.4, 0.5) is 4.79 Å². The summed E-state index contributed by atoms with van der Waals surface area (Å²) < 4.78 is 0. The SMILES string of the molecule is NC(=O)C1C(NC(=O)NC2CCCCC2)SC2CCCCC21. The highest BCUT2D eigenvalue weighted by Gasteiger charge is 2.48. The van der Waals surface area contributed by atoms with E-state index in [0.29, 0.717) is 11.2 Å².